The first-order chi connectivity index (χ1) is 7.66. The van der Waals surface area contributed by atoms with Gasteiger partial charge in [-0.05, 0) is 39.4 Å². The second-order valence-electron chi connectivity index (χ2n) is 4.86. The summed E-state index contributed by atoms with van der Waals surface area (Å²) >= 11 is 0. The van der Waals surface area contributed by atoms with Gasteiger partial charge in [0.05, 0.1) is 5.69 Å². The quantitative estimate of drug-likeness (QED) is 0.840. The molecule has 1 saturated heterocycles. The summed E-state index contributed by atoms with van der Waals surface area (Å²) in [6.45, 7) is 5.61. The Hall–Kier alpha value is -0.930. The molecule has 1 aromatic rings. The Balaban J connectivity index is 1.91. The van der Waals surface area contributed by atoms with Gasteiger partial charge in [0.25, 0.3) is 0 Å². The van der Waals surface area contributed by atoms with E-state index in [1.54, 1.807) is 0 Å². The average Bonchev–Trinajstić information content (AvgIpc) is 2.59. The molecule has 1 aliphatic rings. The summed E-state index contributed by atoms with van der Waals surface area (Å²) in [6, 6.07) is 7.71. The Morgan fingerprint density at radius 2 is 2.31 bits per heavy atom. The third kappa shape index (κ3) is 2.60. The molecule has 0 aromatic carbocycles. The van der Waals surface area contributed by atoms with E-state index in [4.69, 9.17) is 0 Å². The molecule has 0 saturated carbocycles. The fraction of sp³-hybridized carbons (Fsp3) is 0.615. The summed E-state index contributed by atoms with van der Waals surface area (Å²) in [5.41, 5.74) is 1.13. The maximum absolute atomic E-state index is 4.38. The molecule has 3 atom stereocenters. The van der Waals surface area contributed by atoms with Crippen LogP contribution >= 0.6 is 0 Å². The Morgan fingerprint density at radius 1 is 1.50 bits per heavy atom. The topological polar surface area (TPSA) is 28.2 Å². The van der Waals surface area contributed by atoms with E-state index in [0.29, 0.717) is 18.1 Å². The summed E-state index contributed by atoms with van der Waals surface area (Å²) in [6.07, 6.45) is 3.09. The number of likely N-dealkylation sites (tertiary alicyclic amines) is 1. The first kappa shape index (κ1) is 11.6. The summed E-state index contributed by atoms with van der Waals surface area (Å²) in [4.78, 5) is 6.79. The minimum Gasteiger partial charge on any atom is -0.305 e. The summed E-state index contributed by atoms with van der Waals surface area (Å²) in [5, 5.41) is 3.65. The second kappa shape index (κ2) is 4.93. The van der Waals surface area contributed by atoms with E-state index in [9.17, 15) is 0 Å². The van der Waals surface area contributed by atoms with Gasteiger partial charge in [0.1, 0.15) is 0 Å². The minimum absolute atomic E-state index is 0.338. The fourth-order valence-electron chi connectivity index (χ4n) is 2.39. The van der Waals surface area contributed by atoms with Crippen LogP contribution in [0.15, 0.2) is 24.4 Å². The number of pyridine rings is 1. The van der Waals surface area contributed by atoms with Gasteiger partial charge in [-0.3, -0.25) is 4.98 Å². The van der Waals surface area contributed by atoms with E-state index >= 15 is 0 Å². The van der Waals surface area contributed by atoms with Crippen LogP contribution < -0.4 is 5.32 Å². The zero-order valence-corrected chi connectivity index (χ0v) is 10.4. The first-order valence-electron chi connectivity index (χ1n) is 6.04. The van der Waals surface area contributed by atoms with Crippen LogP contribution in [0.2, 0.25) is 0 Å². The third-order valence-electron chi connectivity index (χ3n) is 3.50. The van der Waals surface area contributed by atoms with Gasteiger partial charge >= 0.3 is 0 Å². The summed E-state index contributed by atoms with van der Waals surface area (Å²) < 4.78 is 0. The van der Waals surface area contributed by atoms with Gasteiger partial charge in [0.2, 0.25) is 0 Å². The van der Waals surface area contributed by atoms with Crippen LogP contribution in [0, 0.1) is 0 Å². The van der Waals surface area contributed by atoms with Crippen molar-refractivity contribution in [1.82, 2.24) is 15.2 Å². The molecule has 0 spiro atoms. The standard InChI is InChI=1S/C13H21N3/c1-10-8-12(9-16(10)3)15-11(2)13-6-4-5-7-14-13/h4-7,10-12,15H,8-9H2,1-3H3/t10?,11-,12?/m1/s1. The zero-order valence-electron chi connectivity index (χ0n) is 10.4. The molecule has 88 valence electrons. The fourth-order valence-corrected chi connectivity index (χ4v) is 2.39. The maximum atomic E-state index is 4.38. The van der Waals surface area contributed by atoms with Crippen LogP contribution in [0.25, 0.3) is 0 Å². The Bertz CT molecular complexity index is 315. The molecule has 1 aliphatic heterocycles. The number of likely N-dealkylation sites (N-methyl/N-ethyl adjacent to an activating group) is 1. The smallest absolute Gasteiger partial charge is 0.0570 e. The van der Waals surface area contributed by atoms with Crippen molar-refractivity contribution in [2.75, 3.05) is 13.6 Å². The molecule has 0 bridgehead atoms. The van der Waals surface area contributed by atoms with Crippen LogP contribution in [-0.2, 0) is 0 Å². The number of rotatable bonds is 3. The molecular formula is C13H21N3. The monoisotopic (exact) mass is 219 g/mol. The van der Waals surface area contributed by atoms with Crippen molar-refractivity contribution >= 4 is 0 Å². The van der Waals surface area contributed by atoms with E-state index in [1.807, 2.05) is 18.3 Å². The highest BCUT2D eigenvalue weighted by molar-refractivity contribution is 5.08. The molecule has 1 aromatic heterocycles. The lowest BCUT2D eigenvalue weighted by Crippen LogP contribution is -2.33. The molecule has 2 rings (SSSR count). The summed E-state index contributed by atoms with van der Waals surface area (Å²) in [5.74, 6) is 0. The largest absolute Gasteiger partial charge is 0.305 e. The van der Waals surface area contributed by atoms with Gasteiger partial charge in [-0.15, -0.1) is 0 Å². The molecule has 3 heteroatoms. The van der Waals surface area contributed by atoms with Crippen molar-refractivity contribution in [2.24, 2.45) is 0 Å². The zero-order chi connectivity index (χ0) is 11.5. The van der Waals surface area contributed by atoms with Crippen molar-refractivity contribution in [3.05, 3.63) is 30.1 Å². The molecule has 3 nitrogen and oxygen atoms in total. The average molecular weight is 219 g/mol. The van der Waals surface area contributed by atoms with Crippen LogP contribution in [0.5, 0.6) is 0 Å². The van der Waals surface area contributed by atoms with Crippen molar-refractivity contribution in [3.63, 3.8) is 0 Å². The van der Waals surface area contributed by atoms with Crippen LogP contribution in [0.3, 0.4) is 0 Å². The highest BCUT2D eigenvalue weighted by Gasteiger charge is 2.27. The van der Waals surface area contributed by atoms with Crippen molar-refractivity contribution in [1.29, 1.82) is 0 Å². The normalized spacial score (nSPS) is 28.2. The molecule has 2 heterocycles. The minimum atomic E-state index is 0.338. The highest BCUT2D eigenvalue weighted by atomic mass is 15.2. The van der Waals surface area contributed by atoms with Gasteiger partial charge in [0.15, 0.2) is 0 Å². The predicted molar refractivity (Wildman–Crippen MR) is 66.3 cm³/mol. The predicted octanol–water partition coefficient (Wildman–Crippen LogP) is 1.82. The third-order valence-corrected chi connectivity index (χ3v) is 3.50. The molecule has 0 aliphatic carbocycles. The van der Waals surface area contributed by atoms with Gasteiger partial charge in [-0.25, -0.2) is 0 Å². The van der Waals surface area contributed by atoms with Crippen molar-refractivity contribution in [3.8, 4) is 0 Å². The van der Waals surface area contributed by atoms with Gasteiger partial charge < -0.3 is 10.2 Å². The lowest BCUT2D eigenvalue weighted by atomic mass is 10.1. The molecule has 2 unspecified atom stereocenters. The van der Waals surface area contributed by atoms with E-state index in [2.05, 4.69) is 42.2 Å². The highest BCUT2D eigenvalue weighted by Crippen LogP contribution is 2.18. The lowest BCUT2D eigenvalue weighted by Gasteiger charge is -2.18. The lowest BCUT2D eigenvalue weighted by molar-refractivity contribution is 0.325. The van der Waals surface area contributed by atoms with Crippen LogP contribution in [-0.4, -0.2) is 35.6 Å². The molecular weight excluding hydrogens is 198 g/mol. The van der Waals surface area contributed by atoms with E-state index in [-0.39, 0.29) is 0 Å². The number of hydrogen-bond donors (Lipinski definition) is 1. The van der Waals surface area contributed by atoms with E-state index in [1.165, 1.54) is 6.42 Å². The summed E-state index contributed by atoms with van der Waals surface area (Å²) in [7, 11) is 2.19. The van der Waals surface area contributed by atoms with Crippen molar-refractivity contribution in [2.45, 2.75) is 38.4 Å². The molecule has 1 N–H and O–H groups in total. The van der Waals surface area contributed by atoms with Crippen LogP contribution in [0.4, 0.5) is 0 Å². The molecule has 0 amide bonds. The van der Waals surface area contributed by atoms with E-state index < -0.39 is 0 Å². The molecule has 0 radical (unpaired) electrons. The first-order valence-corrected chi connectivity index (χ1v) is 6.04. The Kier molecular flexibility index (Phi) is 3.56. The SMILES string of the molecule is CC1CC(N[C@H](C)c2ccccn2)CN1C. The Morgan fingerprint density at radius 3 is 2.88 bits per heavy atom. The van der Waals surface area contributed by atoms with Crippen LogP contribution in [0.1, 0.15) is 32.0 Å². The maximum Gasteiger partial charge on any atom is 0.0570 e. The number of aromatic nitrogens is 1. The van der Waals surface area contributed by atoms with Crippen molar-refractivity contribution < 1.29 is 0 Å². The number of nitrogens with one attached hydrogen (secondary N) is 1. The van der Waals surface area contributed by atoms with Gasteiger partial charge in [-0.1, -0.05) is 6.07 Å². The second-order valence-corrected chi connectivity index (χ2v) is 4.86. The van der Waals surface area contributed by atoms with Gasteiger partial charge in [0, 0.05) is 30.9 Å². The molecule has 16 heavy (non-hydrogen) atoms. The number of hydrogen-bond acceptors (Lipinski definition) is 3. The van der Waals surface area contributed by atoms with Gasteiger partial charge in [-0.2, -0.15) is 0 Å². The number of nitrogens with zero attached hydrogens (tertiary/aromatic N) is 2. The Labute approximate surface area is 97.9 Å². The molecule has 1 fully saturated rings. The van der Waals surface area contributed by atoms with E-state index in [0.717, 1.165) is 12.2 Å².